The monoisotopic (exact) mass is 840 g/mol. The predicted octanol–water partition coefficient (Wildman–Crippen LogP) is 12.4. The van der Waals surface area contributed by atoms with Gasteiger partial charge in [0.15, 0.2) is 8.07 Å². The fourth-order valence-corrected chi connectivity index (χ4v) is 17.9. The molecule has 1 aliphatic heterocycles. The number of fused-ring (bicyclic) bond motifs is 17. The molecule has 302 valence electrons. The normalized spacial score (nSPS) is 13.8. The summed E-state index contributed by atoms with van der Waals surface area (Å²) < 4.78 is 5.01. The Morgan fingerprint density at radius 1 is 0.308 bits per heavy atom. The Kier molecular flexibility index (Phi) is 7.12. The van der Waals surface area contributed by atoms with Gasteiger partial charge in [-0.05, 0) is 138 Å². The summed E-state index contributed by atoms with van der Waals surface area (Å²) in [4.78, 5) is 0. The number of hydrogen-bond acceptors (Lipinski definition) is 0. The molecule has 3 heterocycles. The van der Waals surface area contributed by atoms with Gasteiger partial charge in [-0.25, -0.2) is 0 Å². The summed E-state index contributed by atoms with van der Waals surface area (Å²) in [7, 11) is -2.97. The van der Waals surface area contributed by atoms with Gasteiger partial charge in [-0.1, -0.05) is 170 Å². The Bertz CT molecular complexity index is 3740. The van der Waals surface area contributed by atoms with E-state index in [0.29, 0.717) is 0 Å². The molecule has 2 nitrogen and oxygen atoms in total. The van der Waals surface area contributed by atoms with Crippen molar-refractivity contribution in [3.63, 3.8) is 0 Å². The average molecular weight is 841 g/mol. The zero-order chi connectivity index (χ0) is 42.4. The highest BCUT2D eigenvalue weighted by atomic mass is 28.3. The minimum absolute atomic E-state index is 0.936. The molecule has 3 aliphatic rings. The summed E-state index contributed by atoms with van der Waals surface area (Å²) in [6.45, 7) is 0. The maximum absolute atomic E-state index is 2.97. The van der Waals surface area contributed by atoms with Crippen molar-refractivity contribution < 1.29 is 0 Å². The summed E-state index contributed by atoms with van der Waals surface area (Å²) in [6, 6.07) is 83.3. The standard InChI is InChI=1S/C62H40N2Si/c1-3-17-41(18-4-1)63-55-31-27-43(37-53(55)61-51-35-39-15-7-9-21-45(39)47(51)29-33-57(61)63)65(59-25-13-11-23-49(59)50-24-12-14-26-60(50)65)44-28-32-56-54(38-44)62-52-36-40-16-8-10-22-46(40)48(52)30-34-58(62)64(56)42-19-5-2-6-20-42/h1-34,37-38H,35-36H2. The Morgan fingerprint density at radius 3 is 1.15 bits per heavy atom. The fraction of sp³-hybridized carbons (Fsp3) is 0.0323. The van der Waals surface area contributed by atoms with Crippen molar-refractivity contribution in [3.8, 4) is 44.8 Å². The highest BCUT2D eigenvalue weighted by molar-refractivity contribution is 7.22. The van der Waals surface area contributed by atoms with Crippen LogP contribution in [0, 0.1) is 0 Å². The Labute approximate surface area is 377 Å². The first-order valence-corrected chi connectivity index (χ1v) is 24.9. The molecule has 0 saturated carbocycles. The van der Waals surface area contributed by atoms with Crippen LogP contribution in [0.25, 0.3) is 88.4 Å². The highest BCUT2D eigenvalue weighted by Crippen LogP contribution is 2.46. The summed E-state index contributed by atoms with van der Waals surface area (Å²) >= 11 is 0. The van der Waals surface area contributed by atoms with Crippen molar-refractivity contribution in [1.82, 2.24) is 9.13 Å². The van der Waals surface area contributed by atoms with E-state index in [-0.39, 0.29) is 0 Å². The molecular formula is C62H40N2Si. The van der Waals surface area contributed by atoms with E-state index >= 15 is 0 Å². The molecule has 0 atom stereocenters. The van der Waals surface area contributed by atoms with Gasteiger partial charge >= 0.3 is 0 Å². The van der Waals surface area contributed by atoms with Crippen molar-refractivity contribution in [2.45, 2.75) is 12.8 Å². The van der Waals surface area contributed by atoms with E-state index in [4.69, 9.17) is 0 Å². The lowest BCUT2D eigenvalue weighted by Gasteiger charge is -2.31. The number of aromatic nitrogens is 2. The van der Waals surface area contributed by atoms with Crippen LogP contribution in [0.4, 0.5) is 0 Å². The number of hydrogen-bond donors (Lipinski definition) is 0. The van der Waals surface area contributed by atoms with Gasteiger partial charge in [0.1, 0.15) is 0 Å². The van der Waals surface area contributed by atoms with Gasteiger partial charge in [-0.3, -0.25) is 0 Å². The van der Waals surface area contributed by atoms with Crippen LogP contribution in [0.3, 0.4) is 0 Å². The number of nitrogens with zero attached hydrogens (tertiary/aromatic N) is 2. The van der Waals surface area contributed by atoms with Crippen molar-refractivity contribution in [2.24, 2.45) is 0 Å². The van der Waals surface area contributed by atoms with Gasteiger partial charge in [0, 0.05) is 32.9 Å². The quantitative estimate of drug-likeness (QED) is 0.156. The minimum atomic E-state index is -2.97. The first kappa shape index (κ1) is 35.5. The van der Waals surface area contributed by atoms with Crippen LogP contribution in [-0.4, -0.2) is 17.2 Å². The number of rotatable bonds is 4. The molecule has 0 fully saturated rings. The van der Waals surface area contributed by atoms with Crippen LogP contribution in [0.1, 0.15) is 22.3 Å². The number of para-hydroxylation sites is 2. The zero-order valence-electron chi connectivity index (χ0n) is 35.6. The lowest BCUT2D eigenvalue weighted by molar-refractivity contribution is 1.18. The molecule has 0 unspecified atom stereocenters. The van der Waals surface area contributed by atoms with Crippen LogP contribution in [-0.2, 0) is 12.8 Å². The Balaban J connectivity index is 1.07. The molecule has 0 radical (unpaired) electrons. The van der Waals surface area contributed by atoms with Gasteiger partial charge < -0.3 is 9.13 Å². The maximum atomic E-state index is 2.64. The smallest absolute Gasteiger partial charge is 0.180 e. The summed E-state index contributed by atoms with van der Waals surface area (Å²) in [5.74, 6) is 0. The van der Waals surface area contributed by atoms with Gasteiger partial charge in [0.2, 0.25) is 0 Å². The van der Waals surface area contributed by atoms with Crippen LogP contribution in [0.5, 0.6) is 0 Å². The predicted molar refractivity (Wildman–Crippen MR) is 274 cm³/mol. The van der Waals surface area contributed by atoms with Gasteiger partial charge in [-0.15, -0.1) is 0 Å². The first-order chi connectivity index (χ1) is 32.3. The molecule has 10 aromatic carbocycles. The molecule has 0 N–H and O–H groups in total. The van der Waals surface area contributed by atoms with Gasteiger partial charge in [0.05, 0.1) is 22.1 Å². The molecule has 2 aliphatic carbocycles. The van der Waals surface area contributed by atoms with Crippen LogP contribution >= 0.6 is 0 Å². The Morgan fingerprint density at radius 2 is 0.692 bits per heavy atom. The second kappa shape index (κ2) is 13.0. The zero-order valence-corrected chi connectivity index (χ0v) is 36.6. The lowest BCUT2D eigenvalue weighted by atomic mass is 10.0. The molecular weight excluding hydrogens is 801 g/mol. The Hall–Kier alpha value is -7.98. The SMILES string of the molecule is c1ccc(-n2c3ccc([Si]4(c5ccc6c(c5)c5c7c(ccc5n6-c5ccccc5)-c5ccccc5C7)c5ccccc5-c5ccccc54)cc3c3c4c(ccc32)-c2ccccc2C4)cc1. The van der Waals surface area contributed by atoms with Gasteiger partial charge in [-0.2, -0.15) is 0 Å². The largest absolute Gasteiger partial charge is 0.309 e. The second-order valence-corrected chi connectivity index (χ2v) is 22.0. The van der Waals surface area contributed by atoms with E-state index in [0.717, 1.165) is 12.8 Å². The summed E-state index contributed by atoms with van der Waals surface area (Å²) in [5, 5.41) is 11.2. The van der Waals surface area contributed by atoms with E-state index in [9.17, 15) is 0 Å². The molecule has 0 saturated heterocycles. The van der Waals surface area contributed by atoms with E-state index in [1.54, 1.807) is 0 Å². The maximum Gasteiger partial charge on any atom is 0.180 e. The molecule has 0 spiro atoms. The molecule has 12 aromatic rings. The topological polar surface area (TPSA) is 9.86 Å². The van der Waals surface area contributed by atoms with Crippen LogP contribution in [0.2, 0.25) is 0 Å². The van der Waals surface area contributed by atoms with Crippen LogP contribution in [0.15, 0.2) is 218 Å². The second-order valence-electron chi connectivity index (χ2n) is 18.3. The van der Waals surface area contributed by atoms with Crippen molar-refractivity contribution >= 4 is 72.4 Å². The third kappa shape index (κ3) is 4.62. The van der Waals surface area contributed by atoms with Crippen molar-refractivity contribution in [3.05, 3.63) is 241 Å². The van der Waals surface area contributed by atoms with E-state index in [2.05, 4.69) is 228 Å². The van der Waals surface area contributed by atoms with Crippen molar-refractivity contribution in [1.29, 1.82) is 0 Å². The molecule has 0 bridgehead atoms. The molecule has 65 heavy (non-hydrogen) atoms. The third-order valence-corrected chi connectivity index (χ3v) is 20.1. The van der Waals surface area contributed by atoms with E-state index < -0.39 is 8.07 Å². The minimum Gasteiger partial charge on any atom is -0.309 e. The lowest BCUT2D eigenvalue weighted by Crippen LogP contribution is -2.72. The summed E-state index contributed by atoms with van der Waals surface area (Å²) in [6.07, 6.45) is 1.87. The van der Waals surface area contributed by atoms with Gasteiger partial charge in [0.25, 0.3) is 0 Å². The van der Waals surface area contributed by atoms with E-state index in [1.165, 1.54) is 131 Å². The third-order valence-electron chi connectivity index (χ3n) is 15.3. The molecule has 2 aromatic heterocycles. The highest BCUT2D eigenvalue weighted by Gasteiger charge is 2.49. The number of benzene rings is 10. The molecule has 0 amide bonds. The fourth-order valence-electron chi connectivity index (χ4n) is 12.7. The van der Waals surface area contributed by atoms with Crippen molar-refractivity contribution in [2.75, 3.05) is 0 Å². The molecule has 15 rings (SSSR count). The summed E-state index contributed by atoms with van der Waals surface area (Å²) in [5.41, 5.74) is 21.3. The van der Waals surface area contributed by atoms with E-state index in [1.807, 2.05) is 0 Å². The van der Waals surface area contributed by atoms with Crippen LogP contribution < -0.4 is 20.7 Å². The average Bonchev–Trinajstić information content (AvgIpc) is 4.17. The molecule has 3 heteroatoms. The first-order valence-electron chi connectivity index (χ1n) is 22.9.